The van der Waals surface area contributed by atoms with Gasteiger partial charge in [-0.1, -0.05) is 18.2 Å². The Morgan fingerprint density at radius 1 is 1.20 bits per heavy atom. The Hall–Kier alpha value is -3.26. The highest BCUT2D eigenvalue weighted by Crippen LogP contribution is 2.32. The molecule has 1 aromatic carbocycles. The minimum atomic E-state index is -0.00735. The van der Waals surface area contributed by atoms with Gasteiger partial charge in [-0.15, -0.1) is 11.3 Å². The van der Waals surface area contributed by atoms with Crippen molar-refractivity contribution < 1.29 is 4.79 Å². The molecule has 0 radical (unpaired) electrons. The monoisotopic (exact) mass is 418 g/mol. The molecule has 4 aromatic rings. The number of fused-ring (bicyclic) bond motifs is 1. The fourth-order valence-electron chi connectivity index (χ4n) is 3.97. The van der Waals surface area contributed by atoms with Gasteiger partial charge in [0, 0.05) is 17.6 Å². The number of carbonyl (C=O) groups excluding carboxylic acids is 1. The Morgan fingerprint density at radius 2 is 2.10 bits per heavy atom. The van der Waals surface area contributed by atoms with Crippen molar-refractivity contribution in [1.29, 1.82) is 0 Å². The Bertz CT molecular complexity index is 1200. The average Bonchev–Trinajstić information content (AvgIpc) is 3.49. The van der Waals surface area contributed by atoms with Crippen LogP contribution in [0.5, 0.6) is 0 Å². The molecule has 1 N–H and O–H groups in total. The zero-order valence-corrected chi connectivity index (χ0v) is 17.5. The van der Waals surface area contributed by atoms with Gasteiger partial charge >= 0.3 is 0 Å². The first kappa shape index (κ1) is 18.7. The molecule has 0 aliphatic carbocycles. The van der Waals surface area contributed by atoms with E-state index in [1.54, 1.807) is 17.7 Å². The highest BCUT2D eigenvalue weighted by molar-refractivity contribution is 7.15. The number of aromatic nitrogens is 4. The number of likely N-dealkylation sites (tertiary alicyclic amines) is 1. The van der Waals surface area contributed by atoms with Crippen LogP contribution >= 0.6 is 11.3 Å². The van der Waals surface area contributed by atoms with Crippen molar-refractivity contribution in [2.75, 3.05) is 11.9 Å². The maximum Gasteiger partial charge on any atom is 0.243 e. The van der Waals surface area contributed by atoms with Crippen molar-refractivity contribution in [3.63, 3.8) is 0 Å². The normalized spacial score (nSPS) is 16.3. The van der Waals surface area contributed by atoms with Gasteiger partial charge in [0.05, 0.1) is 29.1 Å². The van der Waals surface area contributed by atoms with Crippen molar-refractivity contribution in [2.24, 2.45) is 0 Å². The van der Waals surface area contributed by atoms with Gasteiger partial charge in [-0.05, 0) is 44.0 Å². The number of anilines is 2. The standard InChI is InChI=1S/C22H22N6OS/c1-15-12-23-22(30-15)26-20-10-4-7-17(25-20)19-9-5-11-28(19)21(29)13-27-14-24-16-6-2-3-8-18(16)27/h2-4,6-8,10,12,14,19H,5,9,11,13H2,1H3,(H,23,25,26)/t19-/m0/s1. The summed E-state index contributed by atoms with van der Waals surface area (Å²) in [6, 6.07) is 13.8. The summed E-state index contributed by atoms with van der Waals surface area (Å²) < 4.78 is 1.92. The molecule has 5 rings (SSSR count). The van der Waals surface area contributed by atoms with Gasteiger partial charge in [0.1, 0.15) is 12.4 Å². The highest BCUT2D eigenvalue weighted by atomic mass is 32.1. The van der Waals surface area contributed by atoms with Crippen LogP contribution in [0.25, 0.3) is 11.0 Å². The number of thiazole rings is 1. The molecule has 1 aliphatic rings. The van der Waals surface area contributed by atoms with E-state index in [-0.39, 0.29) is 18.5 Å². The van der Waals surface area contributed by atoms with Crippen molar-refractivity contribution >= 4 is 39.2 Å². The average molecular weight is 419 g/mol. The van der Waals surface area contributed by atoms with Gasteiger partial charge in [-0.2, -0.15) is 0 Å². The van der Waals surface area contributed by atoms with Gasteiger partial charge in [-0.25, -0.2) is 15.0 Å². The molecule has 3 aromatic heterocycles. The van der Waals surface area contributed by atoms with Crippen molar-refractivity contribution in [3.8, 4) is 0 Å². The number of pyridine rings is 1. The number of rotatable bonds is 5. The smallest absolute Gasteiger partial charge is 0.243 e. The van der Waals surface area contributed by atoms with E-state index < -0.39 is 0 Å². The maximum atomic E-state index is 13.1. The zero-order valence-electron chi connectivity index (χ0n) is 16.7. The Kier molecular flexibility index (Phi) is 4.92. The molecule has 4 heterocycles. The fraction of sp³-hybridized carbons (Fsp3) is 0.273. The third-order valence-corrected chi connectivity index (χ3v) is 6.20. The quantitative estimate of drug-likeness (QED) is 0.523. The minimum Gasteiger partial charge on any atom is -0.333 e. The van der Waals surface area contributed by atoms with Crippen LogP contribution in [0.3, 0.4) is 0 Å². The molecule has 7 nitrogen and oxygen atoms in total. The summed E-state index contributed by atoms with van der Waals surface area (Å²) in [5.41, 5.74) is 2.79. The van der Waals surface area contributed by atoms with Crippen LogP contribution in [-0.2, 0) is 11.3 Å². The lowest BCUT2D eigenvalue weighted by Gasteiger charge is -2.25. The minimum absolute atomic E-state index is 0.00735. The van der Waals surface area contributed by atoms with Crippen molar-refractivity contribution in [1.82, 2.24) is 24.4 Å². The molecule has 0 saturated carbocycles. The molecular formula is C22H22N6OS. The summed E-state index contributed by atoms with van der Waals surface area (Å²) in [6.45, 7) is 3.06. The first-order valence-electron chi connectivity index (χ1n) is 10.0. The number of hydrogen-bond donors (Lipinski definition) is 1. The number of aryl methyl sites for hydroxylation is 1. The summed E-state index contributed by atoms with van der Waals surface area (Å²) in [7, 11) is 0. The third kappa shape index (κ3) is 3.66. The summed E-state index contributed by atoms with van der Waals surface area (Å²) in [6.07, 6.45) is 5.48. The maximum absolute atomic E-state index is 13.1. The summed E-state index contributed by atoms with van der Waals surface area (Å²) in [4.78, 5) is 29.8. The van der Waals surface area contributed by atoms with Crippen LogP contribution in [-0.4, -0.2) is 36.9 Å². The number of para-hydroxylation sites is 2. The third-order valence-electron chi connectivity index (χ3n) is 5.37. The SMILES string of the molecule is Cc1cnc(Nc2cccc([C@@H]3CCCN3C(=O)Cn3cnc4ccccc43)n2)s1. The zero-order chi connectivity index (χ0) is 20.5. The lowest BCUT2D eigenvalue weighted by molar-refractivity contribution is -0.132. The molecule has 8 heteroatoms. The van der Waals surface area contributed by atoms with Crippen LogP contribution < -0.4 is 5.32 Å². The van der Waals surface area contributed by atoms with Gasteiger partial charge in [0.15, 0.2) is 5.13 Å². The second-order valence-corrected chi connectivity index (χ2v) is 8.69. The second-order valence-electron chi connectivity index (χ2n) is 7.46. The molecule has 1 saturated heterocycles. The van der Waals surface area contributed by atoms with E-state index in [0.717, 1.165) is 51.9 Å². The Morgan fingerprint density at radius 3 is 2.97 bits per heavy atom. The first-order valence-corrected chi connectivity index (χ1v) is 10.8. The number of nitrogens with one attached hydrogen (secondary N) is 1. The molecule has 0 bridgehead atoms. The van der Waals surface area contributed by atoms with Crippen LogP contribution in [0, 0.1) is 6.92 Å². The first-order chi connectivity index (χ1) is 14.7. The number of carbonyl (C=O) groups is 1. The van der Waals surface area contributed by atoms with Crippen LogP contribution in [0.4, 0.5) is 10.9 Å². The van der Waals surface area contributed by atoms with E-state index >= 15 is 0 Å². The van der Waals surface area contributed by atoms with E-state index in [0.29, 0.717) is 0 Å². The fourth-order valence-corrected chi connectivity index (χ4v) is 4.65. The predicted octanol–water partition coefficient (Wildman–Crippen LogP) is 4.30. The molecule has 1 amide bonds. The van der Waals surface area contributed by atoms with E-state index in [4.69, 9.17) is 4.98 Å². The van der Waals surface area contributed by atoms with Gasteiger partial charge in [0.25, 0.3) is 0 Å². The van der Waals surface area contributed by atoms with E-state index in [2.05, 4.69) is 15.3 Å². The number of hydrogen-bond acceptors (Lipinski definition) is 6. The van der Waals surface area contributed by atoms with Crippen LogP contribution in [0.1, 0.15) is 29.5 Å². The van der Waals surface area contributed by atoms with E-state index in [1.165, 1.54) is 0 Å². The van der Waals surface area contributed by atoms with E-state index in [9.17, 15) is 4.79 Å². The lowest BCUT2D eigenvalue weighted by atomic mass is 10.1. The second kappa shape index (κ2) is 7.87. The summed E-state index contributed by atoms with van der Waals surface area (Å²) >= 11 is 1.59. The molecular weight excluding hydrogens is 396 g/mol. The number of nitrogens with zero attached hydrogens (tertiary/aromatic N) is 5. The van der Waals surface area contributed by atoms with Crippen molar-refractivity contribution in [3.05, 3.63) is 65.6 Å². The van der Waals surface area contributed by atoms with Gasteiger partial charge in [-0.3, -0.25) is 4.79 Å². The summed E-state index contributed by atoms with van der Waals surface area (Å²) in [5.74, 6) is 0.845. The highest BCUT2D eigenvalue weighted by Gasteiger charge is 2.31. The van der Waals surface area contributed by atoms with Crippen molar-refractivity contribution in [2.45, 2.75) is 32.4 Å². The van der Waals surface area contributed by atoms with Gasteiger partial charge in [0.2, 0.25) is 5.91 Å². The molecule has 152 valence electrons. The molecule has 1 fully saturated rings. The van der Waals surface area contributed by atoms with Crippen LogP contribution in [0.15, 0.2) is 55.0 Å². The molecule has 30 heavy (non-hydrogen) atoms. The largest absolute Gasteiger partial charge is 0.333 e. The number of benzene rings is 1. The predicted molar refractivity (Wildman–Crippen MR) is 118 cm³/mol. The molecule has 0 unspecified atom stereocenters. The van der Waals surface area contributed by atoms with Crippen LogP contribution in [0.2, 0.25) is 0 Å². The lowest BCUT2D eigenvalue weighted by Crippen LogP contribution is -2.33. The van der Waals surface area contributed by atoms with E-state index in [1.807, 2.05) is 65.1 Å². The number of amides is 1. The molecule has 1 atom stereocenters. The Balaban J connectivity index is 1.34. The molecule has 0 spiro atoms. The number of imidazole rings is 1. The Labute approximate surface area is 178 Å². The van der Waals surface area contributed by atoms with Gasteiger partial charge < -0.3 is 14.8 Å². The summed E-state index contributed by atoms with van der Waals surface area (Å²) in [5, 5.41) is 4.09. The molecule has 1 aliphatic heterocycles. The topological polar surface area (TPSA) is 75.9 Å².